The predicted molar refractivity (Wildman–Crippen MR) is 130 cm³/mol. The minimum absolute atomic E-state index is 0.0241. The molecule has 176 valence electrons. The first kappa shape index (κ1) is 23.7. The van der Waals surface area contributed by atoms with Gasteiger partial charge in [0.25, 0.3) is 0 Å². The van der Waals surface area contributed by atoms with Gasteiger partial charge in [-0.05, 0) is 72.3 Å². The molecule has 4 rings (SSSR count). The third-order valence-electron chi connectivity index (χ3n) is 4.63. The van der Waals surface area contributed by atoms with E-state index in [4.69, 9.17) is 8.37 Å². The first-order valence-electron chi connectivity index (χ1n) is 9.69. The van der Waals surface area contributed by atoms with E-state index in [0.29, 0.717) is 31.7 Å². The summed E-state index contributed by atoms with van der Waals surface area (Å²) in [4.78, 5) is 14.1. The van der Waals surface area contributed by atoms with Crippen LogP contribution in [0.1, 0.15) is 15.9 Å². The molecule has 4 aromatic rings. The number of carbonyl (C=O) groups is 1. The van der Waals surface area contributed by atoms with E-state index in [1.807, 2.05) is 0 Å². The first-order chi connectivity index (χ1) is 15.9. The lowest BCUT2D eigenvalue weighted by molar-refractivity contribution is 0.104. The van der Waals surface area contributed by atoms with Gasteiger partial charge in [0.2, 0.25) is 0 Å². The van der Waals surface area contributed by atoms with Crippen LogP contribution in [0.3, 0.4) is 0 Å². The number of phenols is 1. The number of hydrogen-bond acceptors (Lipinski definition) is 9. The van der Waals surface area contributed by atoms with Gasteiger partial charge in [0.15, 0.2) is 5.78 Å². The zero-order chi connectivity index (χ0) is 24.7. The molecule has 0 unspecified atom stereocenters. The fourth-order valence-corrected chi connectivity index (χ4v) is 5.47. The quantitative estimate of drug-likeness (QED) is 0.285. The van der Waals surface area contributed by atoms with Crippen molar-refractivity contribution >= 4 is 47.4 Å². The second-order valence-electron chi connectivity index (χ2n) is 7.44. The van der Waals surface area contributed by atoms with Crippen molar-refractivity contribution in [3.05, 3.63) is 77.9 Å². The zero-order valence-corrected chi connectivity index (χ0v) is 20.3. The smallest absolute Gasteiger partial charge is 0.306 e. The molecule has 34 heavy (non-hydrogen) atoms. The molecule has 11 heteroatoms. The number of phenolic OH excluding ortho intramolecular Hbond substituents is 1. The minimum Gasteiger partial charge on any atom is -0.508 e. The Morgan fingerprint density at radius 2 is 1.35 bits per heavy atom. The summed E-state index contributed by atoms with van der Waals surface area (Å²) in [5, 5.41) is 10.2. The fraction of sp³-hybridized carbons (Fsp3) is 0.0870. The fourth-order valence-electron chi connectivity index (χ4n) is 3.33. The maximum atomic E-state index is 13.5. The Morgan fingerprint density at radius 3 is 1.94 bits per heavy atom. The van der Waals surface area contributed by atoms with Gasteiger partial charge in [-0.3, -0.25) is 4.79 Å². The van der Waals surface area contributed by atoms with Crippen LogP contribution in [0.15, 0.2) is 66.7 Å². The Hall–Kier alpha value is -3.41. The van der Waals surface area contributed by atoms with Crippen molar-refractivity contribution in [1.29, 1.82) is 0 Å². The second-order valence-corrected chi connectivity index (χ2v) is 11.6. The summed E-state index contributed by atoms with van der Waals surface area (Å²) < 4.78 is 56.3. The summed E-state index contributed by atoms with van der Waals surface area (Å²) >= 11 is 1.26. The second kappa shape index (κ2) is 8.75. The van der Waals surface area contributed by atoms with Crippen LogP contribution in [0.2, 0.25) is 0 Å². The lowest BCUT2D eigenvalue weighted by Gasteiger charge is -2.07. The average Bonchev–Trinajstić information content (AvgIpc) is 3.10. The molecule has 0 saturated heterocycles. The van der Waals surface area contributed by atoms with Crippen molar-refractivity contribution in [2.45, 2.75) is 0 Å². The molecule has 0 aliphatic rings. The van der Waals surface area contributed by atoms with Gasteiger partial charge in [0.1, 0.15) is 17.2 Å². The van der Waals surface area contributed by atoms with Crippen molar-refractivity contribution in [2.75, 3.05) is 12.5 Å². The largest absolute Gasteiger partial charge is 0.508 e. The Kier molecular flexibility index (Phi) is 6.11. The topological polar surface area (TPSA) is 124 Å². The molecule has 0 amide bonds. The van der Waals surface area contributed by atoms with Gasteiger partial charge >= 0.3 is 20.2 Å². The molecule has 8 nitrogen and oxygen atoms in total. The maximum Gasteiger partial charge on any atom is 0.306 e. The third-order valence-corrected chi connectivity index (χ3v) is 6.82. The molecule has 0 spiro atoms. The first-order valence-corrected chi connectivity index (χ1v) is 14.1. The van der Waals surface area contributed by atoms with Crippen LogP contribution >= 0.6 is 11.3 Å². The van der Waals surface area contributed by atoms with Crippen LogP contribution < -0.4 is 8.37 Å². The maximum absolute atomic E-state index is 13.5. The number of ketones is 1. The van der Waals surface area contributed by atoms with Gasteiger partial charge < -0.3 is 13.5 Å². The molecule has 0 fully saturated rings. The lowest BCUT2D eigenvalue weighted by Crippen LogP contribution is -2.05. The molecule has 3 aromatic carbocycles. The molecular formula is C23H18O8S3. The molecule has 0 atom stereocenters. The lowest BCUT2D eigenvalue weighted by atomic mass is 9.97. The van der Waals surface area contributed by atoms with Crippen LogP contribution in [0.25, 0.3) is 20.5 Å². The Morgan fingerprint density at radius 1 is 0.794 bits per heavy atom. The molecule has 1 heterocycles. The highest BCUT2D eigenvalue weighted by Gasteiger charge is 2.22. The SMILES string of the molecule is CS(=O)(=O)Oc1ccc(-c2sc3cc(OS(C)(=O)=O)ccc3c2C(=O)c2ccc(O)cc2)cc1. The van der Waals surface area contributed by atoms with Crippen molar-refractivity contribution in [1.82, 2.24) is 0 Å². The highest BCUT2D eigenvalue weighted by Crippen LogP contribution is 2.42. The van der Waals surface area contributed by atoms with Crippen molar-refractivity contribution in [2.24, 2.45) is 0 Å². The molecular weight excluding hydrogens is 500 g/mol. The standard InChI is InChI=1S/C23H18O8S3/c1-33(26,27)30-17-9-5-15(6-10-17)23-21(22(25)14-3-7-16(24)8-4-14)19-12-11-18(13-20(19)32-23)31-34(2,28)29/h3-13,24H,1-2H3. The van der Waals surface area contributed by atoms with E-state index in [-0.39, 0.29) is 23.0 Å². The number of fused-ring (bicyclic) bond motifs is 1. The Bertz CT molecular complexity index is 1600. The summed E-state index contributed by atoms with van der Waals surface area (Å²) in [7, 11) is -7.42. The van der Waals surface area contributed by atoms with E-state index in [1.165, 1.54) is 53.8 Å². The summed E-state index contributed by atoms with van der Waals surface area (Å²) in [5.41, 5.74) is 1.37. The summed E-state index contributed by atoms with van der Waals surface area (Å²) in [6, 6.07) is 16.7. The van der Waals surface area contributed by atoms with E-state index in [1.54, 1.807) is 24.3 Å². The number of benzene rings is 3. The van der Waals surface area contributed by atoms with E-state index < -0.39 is 20.2 Å². The minimum atomic E-state index is -3.73. The van der Waals surface area contributed by atoms with Gasteiger partial charge in [-0.25, -0.2) is 0 Å². The molecule has 0 saturated carbocycles. The summed E-state index contributed by atoms with van der Waals surface area (Å²) in [6.45, 7) is 0. The van der Waals surface area contributed by atoms with Crippen molar-refractivity contribution in [3.63, 3.8) is 0 Å². The normalized spacial score (nSPS) is 11.9. The zero-order valence-electron chi connectivity index (χ0n) is 17.9. The predicted octanol–water partition coefficient (Wildman–Crippen LogP) is 4.18. The van der Waals surface area contributed by atoms with Gasteiger partial charge in [-0.2, -0.15) is 16.8 Å². The van der Waals surface area contributed by atoms with Gasteiger partial charge in [0.05, 0.1) is 12.5 Å². The average molecular weight is 519 g/mol. The van der Waals surface area contributed by atoms with Crippen LogP contribution in [-0.2, 0) is 20.2 Å². The molecule has 0 radical (unpaired) electrons. The third kappa shape index (κ3) is 5.38. The van der Waals surface area contributed by atoms with Gasteiger partial charge in [-0.1, -0.05) is 0 Å². The summed E-state index contributed by atoms with van der Waals surface area (Å²) in [6.07, 6.45) is 1.88. The number of rotatable bonds is 7. The monoisotopic (exact) mass is 518 g/mol. The molecule has 0 aliphatic heterocycles. The van der Waals surface area contributed by atoms with Crippen LogP contribution in [0.4, 0.5) is 0 Å². The summed E-state index contributed by atoms with van der Waals surface area (Å²) in [5.74, 6) is -0.0311. The van der Waals surface area contributed by atoms with Gasteiger partial charge in [-0.15, -0.1) is 11.3 Å². The van der Waals surface area contributed by atoms with Crippen LogP contribution in [0, 0.1) is 0 Å². The molecule has 0 bridgehead atoms. The number of aromatic hydroxyl groups is 1. The highest BCUT2D eigenvalue weighted by molar-refractivity contribution is 7.86. The van der Waals surface area contributed by atoms with E-state index in [0.717, 1.165) is 12.5 Å². The molecule has 0 aliphatic carbocycles. The Labute approximate surface area is 200 Å². The Balaban J connectivity index is 1.87. The van der Waals surface area contributed by atoms with E-state index in [2.05, 4.69) is 0 Å². The number of hydrogen-bond donors (Lipinski definition) is 1. The van der Waals surface area contributed by atoms with Gasteiger partial charge in [0, 0.05) is 26.1 Å². The van der Waals surface area contributed by atoms with Crippen molar-refractivity contribution < 1.29 is 35.1 Å². The molecule has 1 aromatic heterocycles. The van der Waals surface area contributed by atoms with Crippen molar-refractivity contribution in [3.8, 4) is 27.7 Å². The van der Waals surface area contributed by atoms with Crippen LogP contribution in [0.5, 0.6) is 17.2 Å². The van der Waals surface area contributed by atoms with Crippen LogP contribution in [-0.4, -0.2) is 40.2 Å². The highest BCUT2D eigenvalue weighted by atomic mass is 32.2. The number of thiophene rings is 1. The van der Waals surface area contributed by atoms with E-state index >= 15 is 0 Å². The molecule has 1 N–H and O–H groups in total. The number of carbonyl (C=O) groups excluding carboxylic acids is 1. The van der Waals surface area contributed by atoms with E-state index in [9.17, 15) is 26.7 Å².